The van der Waals surface area contributed by atoms with Crippen LogP contribution in [0, 0.1) is 11.3 Å². The molecule has 0 N–H and O–H groups in total. The van der Waals surface area contributed by atoms with Crippen LogP contribution in [0.3, 0.4) is 0 Å². The first-order chi connectivity index (χ1) is 8.07. The van der Waals surface area contributed by atoms with Crippen LogP contribution in [0.15, 0.2) is 29.2 Å². The molecule has 0 bridgehead atoms. The first-order valence-corrected chi connectivity index (χ1v) is 7.05. The van der Waals surface area contributed by atoms with Gasteiger partial charge in [0.15, 0.2) is 0 Å². The Morgan fingerprint density at radius 3 is 2.76 bits per heavy atom. The van der Waals surface area contributed by atoms with Gasteiger partial charge in [-0.1, -0.05) is 23.7 Å². The maximum absolute atomic E-state index is 12.3. The van der Waals surface area contributed by atoms with Crippen LogP contribution in [0.4, 0.5) is 0 Å². The Balaban J connectivity index is 2.45. The Morgan fingerprint density at radius 2 is 2.12 bits per heavy atom. The Hall–Kier alpha value is -1.09. The lowest BCUT2D eigenvalue weighted by molar-refractivity contribution is 0.437. The van der Waals surface area contributed by atoms with E-state index in [1.54, 1.807) is 12.1 Å². The molecule has 6 heteroatoms. The highest BCUT2D eigenvalue weighted by Gasteiger charge is 2.36. The largest absolute Gasteiger partial charge is 0.245 e. The molecule has 0 radical (unpaired) electrons. The van der Waals surface area contributed by atoms with Gasteiger partial charge in [-0.25, -0.2) is 8.42 Å². The van der Waals surface area contributed by atoms with Crippen LogP contribution in [0.1, 0.15) is 12.8 Å². The second kappa shape index (κ2) is 4.65. The van der Waals surface area contributed by atoms with E-state index in [0.29, 0.717) is 19.4 Å². The van der Waals surface area contributed by atoms with Gasteiger partial charge in [0.25, 0.3) is 0 Å². The first kappa shape index (κ1) is 12.4. The van der Waals surface area contributed by atoms with Gasteiger partial charge in [0.2, 0.25) is 10.0 Å². The van der Waals surface area contributed by atoms with Crippen LogP contribution in [-0.4, -0.2) is 25.3 Å². The molecule has 0 spiro atoms. The molecule has 0 amide bonds. The Kier molecular flexibility index (Phi) is 3.38. The molecule has 90 valence electrons. The first-order valence-electron chi connectivity index (χ1n) is 5.23. The number of rotatable bonds is 2. The smallest absolute Gasteiger partial charge is 0.207 e. The molecule has 1 atom stereocenters. The molecule has 1 aliphatic rings. The number of halogens is 1. The third kappa shape index (κ3) is 2.16. The predicted molar refractivity (Wildman–Crippen MR) is 64.0 cm³/mol. The second-order valence-electron chi connectivity index (χ2n) is 3.83. The van der Waals surface area contributed by atoms with Crippen molar-refractivity contribution in [2.24, 2.45) is 0 Å². The number of sulfonamides is 1. The number of nitrogens with zero attached hydrogens (tertiary/aromatic N) is 2. The van der Waals surface area contributed by atoms with E-state index in [4.69, 9.17) is 16.9 Å². The van der Waals surface area contributed by atoms with Crippen molar-refractivity contribution in [1.29, 1.82) is 5.26 Å². The molecule has 17 heavy (non-hydrogen) atoms. The van der Waals surface area contributed by atoms with E-state index in [-0.39, 0.29) is 9.92 Å². The highest BCUT2D eigenvalue weighted by atomic mass is 35.5. The summed E-state index contributed by atoms with van der Waals surface area (Å²) in [5.74, 6) is 0. The number of hydrogen-bond acceptors (Lipinski definition) is 3. The lowest BCUT2D eigenvalue weighted by Crippen LogP contribution is -2.34. The van der Waals surface area contributed by atoms with Crippen molar-refractivity contribution < 1.29 is 8.42 Å². The molecule has 4 nitrogen and oxygen atoms in total. The minimum Gasteiger partial charge on any atom is -0.207 e. The fourth-order valence-electron chi connectivity index (χ4n) is 1.94. The highest BCUT2D eigenvalue weighted by molar-refractivity contribution is 7.89. The topological polar surface area (TPSA) is 61.2 Å². The van der Waals surface area contributed by atoms with E-state index in [1.807, 2.05) is 6.07 Å². The van der Waals surface area contributed by atoms with Gasteiger partial charge in [-0.2, -0.15) is 9.57 Å². The van der Waals surface area contributed by atoms with E-state index in [9.17, 15) is 8.42 Å². The fourth-order valence-corrected chi connectivity index (χ4v) is 4.04. The molecular weight excluding hydrogens is 260 g/mol. The number of hydrogen-bond donors (Lipinski definition) is 0. The normalized spacial score (nSPS) is 21.3. The van der Waals surface area contributed by atoms with Crippen molar-refractivity contribution >= 4 is 21.6 Å². The van der Waals surface area contributed by atoms with Gasteiger partial charge < -0.3 is 0 Å². The van der Waals surface area contributed by atoms with Crippen molar-refractivity contribution in [2.45, 2.75) is 23.8 Å². The van der Waals surface area contributed by atoms with Crippen molar-refractivity contribution in [1.82, 2.24) is 4.31 Å². The summed E-state index contributed by atoms with van der Waals surface area (Å²) >= 11 is 5.89. The summed E-state index contributed by atoms with van der Waals surface area (Å²) in [4.78, 5) is 0.0730. The molecule has 2 rings (SSSR count). The summed E-state index contributed by atoms with van der Waals surface area (Å²) in [6.07, 6.45) is 1.29. The quantitative estimate of drug-likeness (QED) is 0.826. The molecule has 1 fully saturated rings. The van der Waals surface area contributed by atoms with E-state index >= 15 is 0 Å². The van der Waals surface area contributed by atoms with Crippen molar-refractivity contribution in [3.63, 3.8) is 0 Å². The van der Waals surface area contributed by atoms with Crippen molar-refractivity contribution in [3.05, 3.63) is 29.3 Å². The zero-order chi connectivity index (χ0) is 12.5. The molecule has 1 aromatic rings. The van der Waals surface area contributed by atoms with Crippen molar-refractivity contribution in [3.8, 4) is 6.07 Å². The molecule has 0 saturated carbocycles. The fraction of sp³-hybridized carbons (Fsp3) is 0.364. The molecule has 1 aliphatic heterocycles. The average Bonchev–Trinajstić information content (AvgIpc) is 2.78. The highest BCUT2D eigenvalue weighted by Crippen LogP contribution is 2.29. The lowest BCUT2D eigenvalue weighted by Gasteiger charge is -2.19. The molecule has 1 saturated heterocycles. The van der Waals surface area contributed by atoms with Crippen LogP contribution in [-0.2, 0) is 10.0 Å². The van der Waals surface area contributed by atoms with Crippen molar-refractivity contribution in [2.75, 3.05) is 6.54 Å². The lowest BCUT2D eigenvalue weighted by atomic mass is 10.2. The van der Waals surface area contributed by atoms with Crippen LogP contribution in [0.2, 0.25) is 5.02 Å². The third-order valence-corrected chi connectivity index (χ3v) is 5.18. The zero-order valence-electron chi connectivity index (χ0n) is 9.01. The number of benzene rings is 1. The van der Waals surface area contributed by atoms with E-state index < -0.39 is 16.1 Å². The van der Waals surface area contributed by atoms with Gasteiger partial charge >= 0.3 is 0 Å². The molecular formula is C11H11ClN2O2S. The summed E-state index contributed by atoms with van der Waals surface area (Å²) in [6, 6.07) is 7.73. The van der Waals surface area contributed by atoms with Gasteiger partial charge in [-0.3, -0.25) is 0 Å². The third-order valence-electron chi connectivity index (χ3n) is 2.78. The van der Waals surface area contributed by atoms with E-state index in [1.165, 1.54) is 16.4 Å². The second-order valence-corrected chi connectivity index (χ2v) is 6.10. The predicted octanol–water partition coefficient (Wildman–Crippen LogP) is 2.02. The maximum atomic E-state index is 12.3. The summed E-state index contributed by atoms with van der Waals surface area (Å²) in [7, 11) is -3.65. The molecule has 1 heterocycles. The van der Waals surface area contributed by atoms with E-state index in [2.05, 4.69) is 0 Å². The van der Waals surface area contributed by atoms with Crippen LogP contribution >= 0.6 is 11.6 Å². The standard InChI is InChI=1S/C11H11ClN2O2S/c12-10-5-1-2-6-11(10)17(15,16)14-7-3-4-9(14)8-13/h1-2,5-6,9H,3-4,7H2. The van der Waals surface area contributed by atoms with Gasteiger partial charge in [0.05, 0.1) is 11.1 Å². The average molecular weight is 271 g/mol. The minimum absolute atomic E-state index is 0.0730. The van der Waals surface area contributed by atoms with E-state index in [0.717, 1.165) is 0 Å². The van der Waals surface area contributed by atoms with Crippen LogP contribution in [0.5, 0.6) is 0 Å². The van der Waals surface area contributed by atoms with Crippen LogP contribution < -0.4 is 0 Å². The summed E-state index contributed by atoms with van der Waals surface area (Å²) in [5, 5.41) is 9.12. The zero-order valence-corrected chi connectivity index (χ0v) is 10.6. The summed E-state index contributed by atoms with van der Waals surface area (Å²) in [6.45, 7) is 0.381. The van der Waals surface area contributed by atoms with Crippen LogP contribution in [0.25, 0.3) is 0 Å². The SMILES string of the molecule is N#CC1CCCN1S(=O)(=O)c1ccccc1Cl. The van der Waals surface area contributed by atoms with Gasteiger partial charge in [-0.05, 0) is 25.0 Å². The minimum atomic E-state index is -3.65. The molecule has 0 aromatic heterocycles. The van der Waals surface area contributed by atoms with Gasteiger partial charge in [0, 0.05) is 6.54 Å². The molecule has 0 aliphatic carbocycles. The van der Waals surface area contributed by atoms with Gasteiger partial charge in [-0.15, -0.1) is 0 Å². The Labute approximate surface area is 105 Å². The maximum Gasteiger partial charge on any atom is 0.245 e. The Bertz CT molecular complexity index is 565. The number of nitriles is 1. The summed E-state index contributed by atoms with van der Waals surface area (Å²) in [5.41, 5.74) is 0. The summed E-state index contributed by atoms with van der Waals surface area (Å²) < 4.78 is 25.9. The Morgan fingerprint density at radius 1 is 1.41 bits per heavy atom. The monoisotopic (exact) mass is 270 g/mol. The molecule has 1 aromatic carbocycles. The van der Waals surface area contributed by atoms with Gasteiger partial charge in [0.1, 0.15) is 10.9 Å². The molecule has 1 unspecified atom stereocenters.